The average molecular weight is 469 g/mol. The highest BCUT2D eigenvalue weighted by Crippen LogP contribution is 2.18. The van der Waals surface area contributed by atoms with Crippen LogP contribution in [0.5, 0.6) is 0 Å². The van der Waals surface area contributed by atoms with E-state index < -0.39 is 10.0 Å². The Morgan fingerprint density at radius 2 is 1.59 bits per heavy atom. The Bertz CT molecular complexity index is 1150. The number of hydrazone groups is 1. The Morgan fingerprint density at radius 1 is 0.931 bits per heavy atom. The summed E-state index contributed by atoms with van der Waals surface area (Å²) in [4.78, 5) is 2.54. The fourth-order valence-corrected chi connectivity index (χ4v) is 3.91. The summed E-state index contributed by atoms with van der Waals surface area (Å²) in [5.41, 5.74) is 4.31. The van der Waals surface area contributed by atoms with Gasteiger partial charge in [-0.3, -0.25) is 0 Å². The summed E-state index contributed by atoms with van der Waals surface area (Å²) in [7, 11) is -3.77. The second-order valence-corrected chi connectivity index (χ2v) is 9.19. The van der Waals surface area contributed by atoms with E-state index in [4.69, 9.17) is 0 Å². The minimum Gasteiger partial charge on any atom is -0.200 e. The zero-order valence-electron chi connectivity index (χ0n) is 16.1. The van der Waals surface area contributed by atoms with Crippen molar-refractivity contribution >= 4 is 37.2 Å². The van der Waals surface area contributed by atoms with Crippen LogP contribution in [0.4, 0.5) is 0 Å². The monoisotopic (exact) mass is 468 g/mol. The van der Waals surface area contributed by atoms with Crippen molar-refractivity contribution in [3.8, 4) is 0 Å². The molecule has 3 rings (SSSR count). The van der Waals surface area contributed by atoms with Crippen LogP contribution in [0, 0.1) is 6.92 Å². The molecule has 3 aromatic rings. The minimum absolute atomic E-state index is 0.171. The Balaban J connectivity index is 2.00. The van der Waals surface area contributed by atoms with Gasteiger partial charge in [0.25, 0.3) is 10.0 Å². The molecular weight excluding hydrogens is 448 g/mol. The van der Waals surface area contributed by atoms with Gasteiger partial charge in [0.2, 0.25) is 0 Å². The van der Waals surface area contributed by atoms with Gasteiger partial charge in [0, 0.05) is 10.0 Å². The summed E-state index contributed by atoms with van der Waals surface area (Å²) in [6.07, 6.45) is 1.87. The quantitative estimate of drug-likeness (QED) is 0.381. The van der Waals surface area contributed by atoms with E-state index in [2.05, 4.69) is 25.9 Å². The van der Waals surface area contributed by atoms with Gasteiger partial charge in [-0.25, -0.2) is 0 Å². The number of benzene rings is 3. The molecule has 0 unspecified atom stereocenters. The molecule has 0 amide bonds. The third-order valence-corrected chi connectivity index (χ3v) is 6.04. The SMILES string of the molecule is C/C(=C\C(=N/NS(=O)(=O)c1ccc(C)cc1)c1cccc(Br)c1)c1ccccc1. The zero-order valence-corrected chi connectivity index (χ0v) is 18.5. The Morgan fingerprint density at radius 3 is 2.24 bits per heavy atom. The van der Waals surface area contributed by atoms with E-state index in [1.54, 1.807) is 24.3 Å². The normalized spacial score (nSPS) is 12.7. The van der Waals surface area contributed by atoms with Crippen molar-refractivity contribution < 1.29 is 8.42 Å². The third-order valence-electron chi connectivity index (χ3n) is 4.32. The molecule has 6 heteroatoms. The van der Waals surface area contributed by atoms with E-state index in [1.807, 2.05) is 74.5 Å². The molecule has 0 bridgehead atoms. The molecule has 0 aliphatic heterocycles. The van der Waals surface area contributed by atoms with Crippen LogP contribution in [0.25, 0.3) is 5.57 Å². The number of allylic oxidation sites excluding steroid dienone is 2. The Kier molecular flexibility index (Phi) is 6.67. The van der Waals surface area contributed by atoms with Crippen molar-refractivity contribution in [1.82, 2.24) is 4.83 Å². The summed E-state index contributed by atoms with van der Waals surface area (Å²) in [6.45, 7) is 3.88. The summed E-state index contributed by atoms with van der Waals surface area (Å²) in [5.74, 6) is 0. The fourth-order valence-electron chi connectivity index (χ4n) is 2.70. The first kappa shape index (κ1) is 21.0. The molecular formula is C23H21BrN2O2S. The van der Waals surface area contributed by atoms with Gasteiger partial charge in [0.05, 0.1) is 10.6 Å². The lowest BCUT2D eigenvalue weighted by Crippen LogP contribution is -2.20. The highest BCUT2D eigenvalue weighted by molar-refractivity contribution is 9.10. The minimum atomic E-state index is -3.77. The van der Waals surface area contributed by atoms with Crippen molar-refractivity contribution in [2.75, 3.05) is 0 Å². The van der Waals surface area contributed by atoms with Gasteiger partial charge in [-0.15, -0.1) is 0 Å². The number of sulfonamides is 1. The smallest absolute Gasteiger partial charge is 0.200 e. The van der Waals surface area contributed by atoms with Crippen molar-refractivity contribution in [1.29, 1.82) is 0 Å². The van der Waals surface area contributed by atoms with E-state index in [-0.39, 0.29) is 4.90 Å². The van der Waals surface area contributed by atoms with Gasteiger partial charge in [0.15, 0.2) is 0 Å². The van der Waals surface area contributed by atoms with E-state index in [0.29, 0.717) is 5.71 Å². The van der Waals surface area contributed by atoms with Crippen LogP contribution in [0.2, 0.25) is 0 Å². The van der Waals surface area contributed by atoms with E-state index in [1.165, 1.54) is 0 Å². The molecule has 0 aromatic heterocycles. The van der Waals surface area contributed by atoms with Crippen LogP contribution < -0.4 is 4.83 Å². The number of hydrogen-bond acceptors (Lipinski definition) is 3. The molecule has 0 heterocycles. The maximum atomic E-state index is 12.7. The summed E-state index contributed by atoms with van der Waals surface area (Å²) in [5, 5.41) is 4.25. The van der Waals surface area contributed by atoms with Gasteiger partial charge in [-0.1, -0.05) is 76.1 Å². The van der Waals surface area contributed by atoms with Crippen LogP contribution in [0.15, 0.2) is 99.4 Å². The van der Waals surface area contributed by atoms with Crippen LogP contribution in [-0.4, -0.2) is 14.1 Å². The van der Waals surface area contributed by atoms with Gasteiger partial charge in [-0.05, 0) is 55.3 Å². The summed E-state index contributed by atoms with van der Waals surface area (Å²) >= 11 is 3.46. The van der Waals surface area contributed by atoms with E-state index >= 15 is 0 Å². The number of nitrogens with one attached hydrogen (secondary N) is 1. The number of nitrogens with zero attached hydrogens (tertiary/aromatic N) is 1. The molecule has 0 aliphatic rings. The molecule has 4 nitrogen and oxygen atoms in total. The van der Waals surface area contributed by atoms with Gasteiger partial charge < -0.3 is 0 Å². The maximum Gasteiger partial charge on any atom is 0.276 e. The second kappa shape index (κ2) is 9.20. The van der Waals surface area contributed by atoms with Crippen molar-refractivity contribution in [3.63, 3.8) is 0 Å². The molecule has 29 heavy (non-hydrogen) atoms. The topological polar surface area (TPSA) is 58.5 Å². The van der Waals surface area contributed by atoms with Crippen molar-refractivity contribution in [3.05, 3.63) is 106 Å². The van der Waals surface area contributed by atoms with Crippen LogP contribution in [0.3, 0.4) is 0 Å². The van der Waals surface area contributed by atoms with Gasteiger partial charge in [-0.2, -0.15) is 18.4 Å². The molecule has 0 aliphatic carbocycles. The average Bonchev–Trinajstić information content (AvgIpc) is 2.72. The van der Waals surface area contributed by atoms with Crippen LogP contribution in [-0.2, 0) is 10.0 Å². The summed E-state index contributed by atoms with van der Waals surface area (Å²) in [6, 6.07) is 24.1. The molecule has 148 valence electrons. The fraction of sp³-hybridized carbons (Fsp3) is 0.0870. The molecule has 0 saturated carbocycles. The lowest BCUT2D eigenvalue weighted by molar-refractivity contribution is 0.584. The molecule has 3 aromatic carbocycles. The second-order valence-electron chi connectivity index (χ2n) is 6.61. The van der Waals surface area contributed by atoms with Crippen molar-refractivity contribution in [2.24, 2.45) is 5.10 Å². The molecule has 0 radical (unpaired) electrons. The summed E-state index contributed by atoms with van der Waals surface area (Å²) < 4.78 is 26.2. The lowest BCUT2D eigenvalue weighted by Gasteiger charge is -2.08. The molecule has 0 spiro atoms. The molecule has 0 fully saturated rings. The predicted octanol–water partition coefficient (Wildman–Crippen LogP) is 5.54. The van der Waals surface area contributed by atoms with Gasteiger partial charge in [0.1, 0.15) is 0 Å². The number of hydrogen-bond donors (Lipinski definition) is 1. The first-order chi connectivity index (χ1) is 13.8. The first-order valence-electron chi connectivity index (χ1n) is 9.01. The van der Waals surface area contributed by atoms with E-state index in [0.717, 1.165) is 26.7 Å². The standard InChI is InChI=1S/C23H21BrN2O2S/c1-17-11-13-22(14-12-17)29(27,28)26-25-23(20-9-6-10-21(24)16-20)15-18(2)19-7-4-3-5-8-19/h3-16,26H,1-2H3/b18-15+,25-23+. The Labute approximate surface area is 180 Å². The maximum absolute atomic E-state index is 12.7. The first-order valence-corrected chi connectivity index (χ1v) is 11.3. The highest BCUT2D eigenvalue weighted by Gasteiger charge is 2.13. The Hall–Kier alpha value is -2.70. The van der Waals surface area contributed by atoms with Crippen LogP contribution in [0.1, 0.15) is 23.6 Å². The van der Waals surface area contributed by atoms with Crippen molar-refractivity contribution in [2.45, 2.75) is 18.7 Å². The molecule has 0 atom stereocenters. The number of aryl methyl sites for hydroxylation is 1. The number of rotatable bonds is 6. The zero-order chi connectivity index (χ0) is 20.9. The molecule has 1 N–H and O–H groups in total. The number of halogens is 1. The van der Waals surface area contributed by atoms with Gasteiger partial charge >= 0.3 is 0 Å². The largest absolute Gasteiger partial charge is 0.276 e. The molecule has 0 saturated heterocycles. The third kappa shape index (κ3) is 5.65. The van der Waals surface area contributed by atoms with E-state index in [9.17, 15) is 8.42 Å². The highest BCUT2D eigenvalue weighted by atomic mass is 79.9. The van der Waals surface area contributed by atoms with Crippen LogP contribution >= 0.6 is 15.9 Å². The predicted molar refractivity (Wildman–Crippen MR) is 122 cm³/mol. The lowest BCUT2D eigenvalue weighted by atomic mass is 10.0.